The average Bonchev–Trinajstić information content (AvgIpc) is 2.29. The summed E-state index contributed by atoms with van der Waals surface area (Å²) in [6.07, 6.45) is 3.76. The summed E-state index contributed by atoms with van der Waals surface area (Å²) in [7, 11) is 2.02. The molecule has 0 amide bonds. The minimum atomic E-state index is 0.642. The van der Waals surface area contributed by atoms with E-state index in [1.807, 2.05) is 7.05 Å². The van der Waals surface area contributed by atoms with Gasteiger partial charge in [0, 0.05) is 18.6 Å². The summed E-state index contributed by atoms with van der Waals surface area (Å²) < 4.78 is 5.53. The molecule has 2 atom stereocenters. The molecule has 15 heavy (non-hydrogen) atoms. The minimum absolute atomic E-state index is 0.642. The Morgan fingerprint density at radius 1 is 1.53 bits per heavy atom. The highest BCUT2D eigenvalue weighted by molar-refractivity contribution is 4.78. The maximum Gasteiger partial charge on any atom is 0.0622 e. The van der Waals surface area contributed by atoms with Crippen molar-refractivity contribution in [1.82, 2.24) is 10.2 Å². The van der Waals surface area contributed by atoms with Gasteiger partial charge in [0.25, 0.3) is 0 Å². The predicted octanol–water partition coefficient (Wildman–Crippen LogP) is 1.49. The second-order valence-electron chi connectivity index (χ2n) is 4.47. The van der Waals surface area contributed by atoms with Gasteiger partial charge in [-0.3, -0.25) is 4.90 Å². The van der Waals surface area contributed by atoms with Crippen molar-refractivity contribution in [3.8, 4) is 0 Å². The first-order chi connectivity index (χ1) is 7.29. The number of morpholine rings is 1. The van der Waals surface area contributed by atoms with Gasteiger partial charge in [-0.1, -0.05) is 6.92 Å². The molecule has 1 N–H and O–H groups in total. The van der Waals surface area contributed by atoms with Gasteiger partial charge in [-0.2, -0.15) is 0 Å². The van der Waals surface area contributed by atoms with E-state index in [1.165, 1.54) is 19.3 Å². The summed E-state index contributed by atoms with van der Waals surface area (Å²) in [4.78, 5) is 2.62. The van der Waals surface area contributed by atoms with Gasteiger partial charge in [0.05, 0.1) is 13.2 Å². The van der Waals surface area contributed by atoms with Crippen molar-refractivity contribution >= 4 is 0 Å². The van der Waals surface area contributed by atoms with Crippen molar-refractivity contribution in [2.45, 2.75) is 45.2 Å². The van der Waals surface area contributed by atoms with E-state index in [0.29, 0.717) is 12.1 Å². The van der Waals surface area contributed by atoms with E-state index in [2.05, 4.69) is 24.1 Å². The van der Waals surface area contributed by atoms with Crippen LogP contribution >= 0.6 is 0 Å². The number of ether oxygens (including phenoxy) is 1. The third-order valence-corrected chi connectivity index (χ3v) is 3.36. The van der Waals surface area contributed by atoms with Gasteiger partial charge in [-0.15, -0.1) is 0 Å². The zero-order chi connectivity index (χ0) is 11.1. The van der Waals surface area contributed by atoms with Crippen molar-refractivity contribution in [1.29, 1.82) is 0 Å². The van der Waals surface area contributed by atoms with Crippen LogP contribution in [-0.4, -0.2) is 50.3 Å². The Bertz CT molecular complexity index is 164. The molecule has 3 nitrogen and oxygen atoms in total. The summed E-state index contributed by atoms with van der Waals surface area (Å²) in [5, 5.41) is 3.21. The molecule has 1 aliphatic rings. The first-order valence-corrected chi connectivity index (χ1v) is 6.27. The SMILES string of the molecule is CCC1COCCN1C(C)CCCNC. The van der Waals surface area contributed by atoms with Crippen molar-refractivity contribution in [3.63, 3.8) is 0 Å². The van der Waals surface area contributed by atoms with Gasteiger partial charge in [0.2, 0.25) is 0 Å². The maximum absolute atomic E-state index is 5.53. The summed E-state index contributed by atoms with van der Waals surface area (Å²) in [6.45, 7) is 8.68. The number of rotatable bonds is 6. The lowest BCUT2D eigenvalue weighted by Crippen LogP contribution is -2.49. The fourth-order valence-corrected chi connectivity index (χ4v) is 2.34. The van der Waals surface area contributed by atoms with E-state index in [-0.39, 0.29) is 0 Å². The Balaban J connectivity index is 2.31. The summed E-state index contributed by atoms with van der Waals surface area (Å²) in [6, 6.07) is 1.34. The zero-order valence-corrected chi connectivity index (χ0v) is 10.5. The molecule has 0 aromatic rings. The Morgan fingerprint density at radius 3 is 3.00 bits per heavy atom. The number of nitrogens with zero attached hydrogens (tertiary/aromatic N) is 1. The molecule has 3 heteroatoms. The normalized spacial score (nSPS) is 25.4. The molecule has 1 rings (SSSR count). The van der Waals surface area contributed by atoms with Gasteiger partial charge in [0.15, 0.2) is 0 Å². The first-order valence-electron chi connectivity index (χ1n) is 6.27. The lowest BCUT2D eigenvalue weighted by atomic mass is 10.1. The predicted molar refractivity (Wildman–Crippen MR) is 64.2 cm³/mol. The Morgan fingerprint density at radius 2 is 2.33 bits per heavy atom. The monoisotopic (exact) mass is 214 g/mol. The van der Waals surface area contributed by atoms with Crippen LogP contribution in [0.5, 0.6) is 0 Å². The lowest BCUT2D eigenvalue weighted by molar-refractivity contribution is -0.0282. The third kappa shape index (κ3) is 4.09. The van der Waals surface area contributed by atoms with Crippen LogP contribution in [0.3, 0.4) is 0 Å². The van der Waals surface area contributed by atoms with E-state index in [4.69, 9.17) is 4.74 Å². The van der Waals surface area contributed by atoms with Crippen LogP contribution in [0.15, 0.2) is 0 Å². The van der Waals surface area contributed by atoms with Crippen molar-refractivity contribution in [2.24, 2.45) is 0 Å². The number of hydrogen-bond donors (Lipinski definition) is 1. The van der Waals surface area contributed by atoms with E-state index < -0.39 is 0 Å². The molecule has 1 heterocycles. The molecule has 1 saturated heterocycles. The van der Waals surface area contributed by atoms with Gasteiger partial charge in [-0.05, 0) is 39.8 Å². The highest BCUT2D eigenvalue weighted by Gasteiger charge is 2.25. The van der Waals surface area contributed by atoms with Gasteiger partial charge < -0.3 is 10.1 Å². The Kier molecular flexibility index (Phi) is 6.22. The molecule has 0 aromatic heterocycles. The van der Waals surface area contributed by atoms with Crippen LogP contribution in [0.2, 0.25) is 0 Å². The van der Waals surface area contributed by atoms with Crippen molar-refractivity contribution in [2.75, 3.05) is 33.4 Å². The fourth-order valence-electron chi connectivity index (χ4n) is 2.34. The third-order valence-electron chi connectivity index (χ3n) is 3.36. The van der Waals surface area contributed by atoms with E-state index in [1.54, 1.807) is 0 Å². The standard InChI is InChI=1S/C12H26N2O/c1-4-12-10-15-9-8-14(12)11(2)6-5-7-13-3/h11-13H,4-10H2,1-3H3. The highest BCUT2D eigenvalue weighted by Crippen LogP contribution is 2.16. The minimum Gasteiger partial charge on any atom is -0.378 e. The molecule has 0 aromatic carbocycles. The number of hydrogen-bond acceptors (Lipinski definition) is 3. The molecule has 0 radical (unpaired) electrons. The first kappa shape index (κ1) is 12.9. The molecule has 2 unspecified atom stereocenters. The largest absolute Gasteiger partial charge is 0.378 e. The van der Waals surface area contributed by atoms with E-state index >= 15 is 0 Å². The Hall–Kier alpha value is -0.120. The number of nitrogens with one attached hydrogen (secondary N) is 1. The second-order valence-corrected chi connectivity index (χ2v) is 4.47. The second kappa shape index (κ2) is 7.20. The average molecular weight is 214 g/mol. The zero-order valence-electron chi connectivity index (χ0n) is 10.5. The molecule has 1 aliphatic heterocycles. The molecule has 0 bridgehead atoms. The smallest absolute Gasteiger partial charge is 0.0622 e. The fraction of sp³-hybridized carbons (Fsp3) is 1.00. The molecule has 0 aliphatic carbocycles. The summed E-state index contributed by atoms with van der Waals surface area (Å²) in [5.41, 5.74) is 0. The van der Waals surface area contributed by atoms with Crippen LogP contribution in [-0.2, 0) is 4.74 Å². The Labute approximate surface area is 94.2 Å². The lowest BCUT2D eigenvalue weighted by Gasteiger charge is -2.39. The van der Waals surface area contributed by atoms with E-state index in [9.17, 15) is 0 Å². The van der Waals surface area contributed by atoms with Crippen molar-refractivity contribution < 1.29 is 4.74 Å². The van der Waals surface area contributed by atoms with Crippen LogP contribution in [0.4, 0.5) is 0 Å². The van der Waals surface area contributed by atoms with Crippen molar-refractivity contribution in [3.05, 3.63) is 0 Å². The highest BCUT2D eigenvalue weighted by atomic mass is 16.5. The van der Waals surface area contributed by atoms with Crippen LogP contribution in [0.1, 0.15) is 33.1 Å². The van der Waals surface area contributed by atoms with Crippen LogP contribution < -0.4 is 5.32 Å². The van der Waals surface area contributed by atoms with Crippen LogP contribution in [0.25, 0.3) is 0 Å². The van der Waals surface area contributed by atoms with E-state index in [0.717, 1.165) is 26.3 Å². The summed E-state index contributed by atoms with van der Waals surface area (Å²) in [5.74, 6) is 0. The van der Waals surface area contributed by atoms with Gasteiger partial charge in [0.1, 0.15) is 0 Å². The van der Waals surface area contributed by atoms with Gasteiger partial charge >= 0.3 is 0 Å². The molecule has 0 spiro atoms. The molecule has 90 valence electrons. The van der Waals surface area contributed by atoms with Crippen LogP contribution in [0, 0.1) is 0 Å². The maximum atomic E-state index is 5.53. The molecule has 0 saturated carbocycles. The topological polar surface area (TPSA) is 24.5 Å². The molecule has 1 fully saturated rings. The molecular weight excluding hydrogens is 188 g/mol. The molecular formula is C12H26N2O. The quantitative estimate of drug-likeness (QED) is 0.678. The summed E-state index contributed by atoms with van der Waals surface area (Å²) >= 11 is 0. The van der Waals surface area contributed by atoms with Gasteiger partial charge in [-0.25, -0.2) is 0 Å².